The van der Waals surface area contributed by atoms with Crippen molar-refractivity contribution in [2.45, 2.75) is 19.9 Å². The van der Waals surface area contributed by atoms with E-state index in [1.807, 2.05) is 12.1 Å². The predicted octanol–water partition coefficient (Wildman–Crippen LogP) is 4.20. The second kappa shape index (κ2) is 5.41. The van der Waals surface area contributed by atoms with Gasteiger partial charge < -0.3 is 9.30 Å². The fourth-order valence-corrected chi connectivity index (χ4v) is 2.61. The standard InChI is InChI=1S/C18H19NO/c1-14-4-3-5-18-17(14)11-13-19(18)12-10-15-6-8-16(20-2)9-7-15/h3-9,11,13H,10,12H2,1-2H3. The first-order valence-electron chi connectivity index (χ1n) is 6.95. The highest BCUT2D eigenvalue weighted by atomic mass is 16.5. The van der Waals surface area contributed by atoms with E-state index in [1.165, 1.54) is 22.0 Å². The van der Waals surface area contributed by atoms with Crippen LogP contribution in [0.15, 0.2) is 54.7 Å². The summed E-state index contributed by atoms with van der Waals surface area (Å²) in [5, 5.41) is 1.35. The molecule has 0 spiro atoms. The van der Waals surface area contributed by atoms with Crippen molar-refractivity contribution < 1.29 is 4.74 Å². The molecule has 0 saturated carbocycles. The summed E-state index contributed by atoms with van der Waals surface area (Å²) in [5.74, 6) is 0.913. The number of aryl methyl sites for hydroxylation is 3. The van der Waals surface area contributed by atoms with E-state index < -0.39 is 0 Å². The van der Waals surface area contributed by atoms with Crippen LogP contribution in [0.5, 0.6) is 5.75 Å². The van der Waals surface area contributed by atoms with Gasteiger partial charge in [-0.1, -0.05) is 24.3 Å². The van der Waals surface area contributed by atoms with Gasteiger partial charge >= 0.3 is 0 Å². The van der Waals surface area contributed by atoms with Crippen LogP contribution in [0.1, 0.15) is 11.1 Å². The number of hydrogen-bond acceptors (Lipinski definition) is 1. The van der Waals surface area contributed by atoms with Crippen molar-refractivity contribution in [3.8, 4) is 5.75 Å². The second-order valence-corrected chi connectivity index (χ2v) is 5.11. The maximum atomic E-state index is 5.19. The third-order valence-electron chi connectivity index (χ3n) is 3.83. The van der Waals surface area contributed by atoms with E-state index in [9.17, 15) is 0 Å². The molecule has 20 heavy (non-hydrogen) atoms. The maximum Gasteiger partial charge on any atom is 0.118 e. The van der Waals surface area contributed by atoms with Crippen LogP contribution in [0, 0.1) is 6.92 Å². The molecule has 2 aromatic carbocycles. The topological polar surface area (TPSA) is 14.2 Å². The van der Waals surface area contributed by atoms with E-state index >= 15 is 0 Å². The van der Waals surface area contributed by atoms with Crippen molar-refractivity contribution in [1.29, 1.82) is 0 Å². The molecule has 0 radical (unpaired) electrons. The molecular formula is C18H19NO. The summed E-state index contributed by atoms with van der Waals surface area (Å²) in [5.41, 5.74) is 3.99. The Labute approximate surface area is 119 Å². The minimum Gasteiger partial charge on any atom is -0.497 e. The van der Waals surface area contributed by atoms with Gasteiger partial charge in [-0.05, 0) is 48.7 Å². The smallest absolute Gasteiger partial charge is 0.118 e. The molecule has 0 bridgehead atoms. The van der Waals surface area contributed by atoms with Crippen LogP contribution in [-0.2, 0) is 13.0 Å². The average molecular weight is 265 g/mol. The van der Waals surface area contributed by atoms with Gasteiger partial charge in [-0.3, -0.25) is 0 Å². The fraction of sp³-hybridized carbons (Fsp3) is 0.222. The number of fused-ring (bicyclic) bond motifs is 1. The molecule has 0 fully saturated rings. The van der Waals surface area contributed by atoms with Gasteiger partial charge in [0, 0.05) is 23.6 Å². The fourth-order valence-electron chi connectivity index (χ4n) is 2.61. The Balaban J connectivity index is 1.78. The van der Waals surface area contributed by atoms with Gasteiger partial charge in [0.15, 0.2) is 0 Å². The van der Waals surface area contributed by atoms with Crippen LogP contribution < -0.4 is 4.74 Å². The molecule has 0 aliphatic heterocycles. The summed E-state index contributed by atoms with van der Waals surface area (Å²) in [6, 6.07) is 17.0. The number of methoxy groups -OCH3 is 1. The van der Waals surface area contributed by atoms with Gasteiger partial charge in [0.1, 0.15) is 5.75 Å². The van der Waals surface area contributed by atoms with E-state index in [4.69, 9.17) is 4.74 Å². The Hall–Kier alpha value is -2.22. The molecule has 1 heterocycles. The van der Waals surface area contributed by atoms with Crippen molar-refractivity contribution in [2.24, 2.45) is 0 Å². The SMILES string of the molecule is COc1ccc(CCn2ccc3c(C)cccc32)cc1. The molecule has 0 amide bonds. The summed E-state index contributed by atoms with van der Waals surface area (Å²) < 4.78 is 7.51. The summed E-state index contributed by atoms with van der Waals surface area (Å²) in [7, 11) is 1.70. The van der Waals surface area contributed by atoms with Crippen LogP contribution in [0.2, 0.25) is 0 Å². The highest BCUT2D eigenvalue weighted by molar-refractivity contribution is 5.83. The largest absolute Gasteiger partial charge is 0.497 e. The highest BCUT2D eigenvalue weighted by Gasteiger charge is 2.03. The number of nitrogens with zero attached hydrogens (tertiary/aromatic N) is 1. The van der Waals surface area contributed by atoms with E-state index in [-0.39, 0.29) is 0 Å². The molecule has 0 atom stereocenters. The van der Waals surface area contributed by atoms with E-state index in [2.05, 4.69) is 54.1 Å². The molecular weight excluding hydrogens is 246 g/mol. The molecule has 0 aliphatic carbocycles. The van der Waals surface area contributed by atoms with Crippen molar-refractivity contribution in [3.63, 3.8) is 0 Å². The van der Waals surface area contributed by atoms with Crippen LogP contribution in [0.3, 0.4) is 0 Å². The first kappa shape index (κ1) is 12.8. The first-order valence-corrected chi connectivity index (χ1v) is 6.95. The number of benzene rings is 2. The molecule has 0 aliphatic rings. The quantitative estimate of drug-likeness (QED) is 0.689. The zero-order valence-electron chi connectivity index (χ0n) is 12.0. The van der Waals surface area contributed by atoms with Crippen LogP contribution in [0.4, 0.5) is 0 Å². The van der Waals surface area contributed by atoms with E-state index in [1.54, 1.807) is 7.11 Å². The molecule has 0 saturated heterocycles. The number of aromatic nitrogens is 1. The average Bonchev–Trinajstić information content (AvgIpc) is 2.90. The van der Waals surface area contributed by atoms with Crippen LogP contribution in [-0.4, -0.2) is 11.7 Å². The Morgan fingerprint density at radius 1 is 1.00 bits per heavy atom. The monoisotopic (exact) mass is 265 g/mol. The van der Waals surface area contributed by atoms with Gasteiger partial charge in [0.05, 0.1) is 7.11 Å². The maximum absolute atomic E-state index is 5.19. The first-order chi connectivity index (χ1) is 9.78. The normalized spacial score (nSPS) is 10.9. The number of rotatable bonds is 4. The van der Waals surface area contributed by atoms with Crippen molar-refractivity contribution >= 4 is 10.9 Å². The predicted molar refractivity (Wildman–Crippen MR) is 83.4 cm³/mol. The third-order valence-corrected chi connectivity index (χ3v) is 3.83. The lowest BCUT2D eigenvalue weighted by Crippen LogP contribution is -1.99. The Morgan fingerprint density at radius 2 is 1.80 bits per heavy atom. The van der Waals surface area contributed by atoms with Crippen molar-refractivity contribution in [1.82, 2.24) is 4.57 Å². The zero-order chi connectivity index (χ0) is 13.9. The zero-order valence-corrected chi connectivity index (χ0v) is 12.0. The highest BCUT2D eigenvalue weighted by Crippen LogP contribution is 2.20. The van der Waals surface area contributed by atoms with Gasteiger partial charge in [0.2, 0.25) is 0 Å². The molecule has 2 heteroatoms. The van der Waals surface area contributed by atoms with E-state index in [0.717, 1.165) is 18.7 Å². The third kappa shape index (κ3) is 2.42. The molecule has 102 valence electrons. The van der Waals surface area contributed by atoms with Crippen molar-refractivity contribution in [2.75, 3.05) is 7.11 Å². The molecule has 2 nitrogen and oxygen atoms in total. The summed E-state index contributed by atoms with van der Waals surface area (Å²) in [4.78, 5) is 0. The molecule has 3 rings (SSSR count). The molecule has 3 aromatic rings. The number of ether oxygens (including phenoxy) is 1. The Kier molecular flexibility index (Phi) is 3.46. The second-order valence-electron chi connectivity index (χ2n) is 5.11. The van der Waals surface area contributed by atoms with Crippen LogP contribution >= 0.6 is 0 Å². The summed E-state index contributed by atoms with van der Waals surface area (Å²) >= 11 is 0. The van der Waals surface area contributed by atoms with Gasteiger partial charge in [-0.15, -0.1) is 0 Å². The minimum absolute atomic E-state index is 0.913. The summed E-state index contributed by atoms with van der Waals surface area (Å²) in [6.45, 7) is 3.16. The Bertz CT molecular complexity index is 710. The minimum atomic E-state index is 0.913. The molecule has 1 aromatic heterocycles. The summed E-state index contributed by atoms with van der Waals surface area (Å²) in [6.07, 6.45) is 3.21. The molecule has 0 unspecified atom stereocenters. The van der Waals surface area contributed by atoms with Gasteiger partial charge in [0.25, 0.3) is 0 Å². The lowest BCUT2D eigenvalue weighted by Gasteiger charge is -2.07. The lowest BCUT2D eigenvalue weighted by atomic mass is 10.1. The van der Waals surface area contributed by atoms with Crippen molar-refractivity contribution in [3.05, 3.63) is 65.9 Å². The van der Waals surface area contributed by atoms with E-state index in [0.29, 0.717) is 0 Å². The molecule has 0 N–H and O–H groups in total. The Morgan fingerprint density at radius 3 is 2.55 bits per heavy atom. The van der Waals surface area contributed by atoms with Crippen LogP contribution in [0.25, 0.3) is 10.9 Å². The van der Waals surface area contributed by atoms with Gasteiger partial charge in [-0.25, -0.2) is 0 Å². The number of hydrogen-bond donors (Lipinski definition) is 0. The lowest BCUT2D eigenvalue weighted by molar-refractivity contribution is 0.414. The van der Waals surface area contributed by atoms with Gasteiger partial charge in [-0.2, -0.15) is 0 Å².